The lowest BCUT2D eigenvalue weighted by Gasteiger charge is -2.18. The molecule has 0 spiro atoms. The minimum Gasteiger partial charge on any atom is -0.316 e. The minimum absolute atomic E-state index is 0.786. The first-order valence-electron chi connectivity index (χ1n) is 6.23. The van der Waals surface area contributed by atoms with Gasteiger partial charge >= 0.3 is 0 Å². The average molecular weight is 198 g/mol. The second kappa shape index (κ2) is 7.24. The van der Waals surface area contributed by atoms with E-state index in [2.05, 4.69) is 24.5 Å². The van der Waals surface area contributed by atoms with E-state index in [1.165, 1.54) is 51.7 Å². The molecule has 2 heteroatoms. The Balaban J connectivity index is 0.000000140. The summed E-state index contributed by atoms with van der Waals surface area (Å²) in [4.78, 5) is 0. The highest BCUT2D eigenvalue weighted by Crippen LogP contribution is 2.06. The van der Waals surface area contributed by atoms with Crippen LogP contribution in [0.2, 0.25) is 0 Å². The van der Waals surface area contributed by atoms with E-state index in [1.54, 1.807) is 0 Å². The molecule has 0 saturated carbocycles. The van der Waals surface area contributed by atoms with Crippen molar-refractivity contribution in [1.29, 1.82) is 0 Å². The third-order valence-corrected chi connectivity index (χ3v) is 3.10. The molecule has 0 aliphatic carbocycles. The Hall–Kier alpha value is -0.0800. The third kappa shape index (κ3) is 5.61. The van der Waals surface area contributed by atoms with E-state index in [1.807, 2.05) is 0 Å². The van der Waals surface area contributed by atoms with Crippen molar-refractivity contribution in [3.63, 3.8) is 0 Å². The second-order valence-electron chi connectivity index (χ2n) is 4.80. The Labute approximate surface area is 88.8 Å². The van der Waals surface area contributed by atoms with Crippen molar-refractivity contribution in [2.75, 3.05) is 19.6 Å². The fraction of sp³-hybridized carbons (Fsp3) is 1.00. The SMILES string of the molecule is CC1CCCCN1.CC1CCCNC1. The van der Waals surface area contributed by atoms with Crippen LogP contribution in [0.3, 0.4) is 0 Å². The van der Waals surface area contributed by atoms with Crippen LogP contribution in [0.15, 0.2) is 0 Å². The lowest BCUT2D eigenvalue weighted by molar-refractivity contribution is 0.405. The lowest BCUT2D eigenvalue weighted by atomic mass is 10.0. The zero-order valence-corrected chi connectivity index (χ0v) is 9.81. The molecule has 0 aromatic carbocycles. The summed E-state index contributed by atoms with van der Waals surface area (Å²) < 4.78 is 0. The van der Waals surface area contributed by atoms with Crippen LogP contribution in [0, 0.1) is 5.92 Å². The van der Waals surface area contributed by atoms with Gasteiger partial charge in [-0.05, 0) is 58.2 Å². The fourth-order valence-electron chi connectivity index (χ4n) is 2.05. The van der Waals surface area contributed by atoms with Crippen molar-refractivity contribution in [2.24, 2.45) is 5.92 Å². The van der Waals surface area contributed by atoms with Gasteiger partial charge in [-0.3, -0.25) is 0 Å². The first kappa shape index (κ1) is 12.0. The topological polar surface area (TPSA) is 24.1 Å². The number of hydrogen-bond donors (Lipinski definition) is 2. The number of piperidine rings is 2. The van der Waals surface area contributed by atoms with Crippen LogP contribution in [-0.2, 0) is 0 Å². The maximum atomic E-state index is 3.38. The van der Waals surface area contributed by atoms with Crippen molar-refractivity contribution in [3.05, 3.63) is 0 Å². The molecule has 2 fully saturated rings. The molecule has 2 N–H and O–H groups in total. The van der Waals surface area contributed by atoms with Crippen molar-refractivity contribution in [3.8, 4) is 0 Å². The van der Waals surface area contributed by atoms with Crippen LogP contribution < -0.4 is 10.6 Å². The Kier molecular flexibility index (Phi) is 6.20. The molecule has 2 aliphatic heterocycles. The van der Waals surface area contributed by atoms with E-state index in [0.29, 0.717) is 0 Å². The number of nitrogens with one attached hydrogen (secondary N) is 2. The van der Waals surface area contributed by atoms with Gasteiger partial charge in [0.15, 0.2) is 0 Å². The van der Waals surface area contributed by atoms with Crippen LogP contribution in [0.4, 0.5) is 0 Å². The summed E-state index contributed by atoms with van der Waals surface area (Å²) in [6.07, 6.45) is 6.98. The third-order valence-electron chi connectivity index (χ3n) is 3.10. The lowest BCUT2D eigenvalue weighted by Crippen LogP contribution is -2.30. The van der Waals surface area contributed by atoms with Gasteiger partial charge in [-0.2, -0.15) is 0 Å². The predicted octanol–water partition coefficient (Wildman–Crippen LogP) is 2.15. The first-order chi connectivity index (χ1) is 6.79. The maximum absolute atomic E-state index is 3.38. The highest BCUT2D eigenvalue weighted by molar-refractivity contribution is 4.65. The monoisotopic (exact) mass is 198 g/mol. The highest BCUT2D eigenvalue weighted by Gasteiger charge is 2.05. The molecular formula is C12H26N2. The molecule has 0 amide bonds. The van der Waals surface area contributed by atoms with Gasteiger partial charge in [0.25, 0.3) is 0 Å². The molecule has 2 nitrogen and oxygen atoms in total. The van der Waals surface area contributed by atoms with E-state index in [-0.39, 0.29) is 0 Å². The second-order valence-corrected chi connectivity index (χ2v) is 4.80. The Morgan fingerprint density at radius 2 is 1.79 bits per heavy atom. The summed E-state index contributed by atoms with van der Waals surface area (Å²) in [6.45, 7) is 8.26. The van der Waals surface area contributed by atoms with Crippen molar-refractivity contribution in [1.82, 2.24) is 10.6 Å². The molecule has 0 radical (unpaired) electrons. The van der Waals surface area contributed by atoms with E-state index < -0.39 is 0 Å². The zero-order chi connectivity index (χ0) is 10.2. The van der Waals surface area contributed by atoms with Crippen LogP contribution in [0.5, 0.6) is 0 Å². The Bertz CT molecular complexity index is 108. The molecule has 2 saturated heterocycles. The summed E-state index contributed by atoms with van der Waals surface area (Å²) in [5.41, 5.74) is 0. The molecule has 0 bridgehead atoms. The summed E-state index contributed by atoms with van der Waals surface area (Å²) in [6, 6.07) is 0.786. The molecule has 2 rings (SSSR count). The molecule has 2 unspecified atom stereocenters. The molecule has 2 atom stereocenters. The smallest absolute Gasteiger partial charge is 0.00387 e. The minimum atomic E-state index is 0.786. The van der Waals surface area contributed by atoms with Crippen LogP contribution in [-0.4, -0.2) is 25.7 Å². The summed E-state index contributed by atoms with van der Waals surface area (Å²) in [5, 5.41) is 6.72. The predicted molar refractivity (Wildman–Crippen MR) is 62.6 cm³/mol. The molecular weight excluding hydrogens is 172 g/mol. The summed E-state index contributed by atoms with van der Waals surface area (Å²) >= 11 is 0. The number of hydrogen-bond acceptors (Lipinski definition) is 2. The molecule has 0 aromatic rings. The van der Waals surface area contributed by atoms with Gasteiger partial charge in [-0.15, -0.1) is 0 Å². The largest absolute Gasteiger partial charge is 0.316 e. The van der Waals surface area contributed by atoms with Gasteiger partial charge in [0.1, 0.15) is 0 Å². The van der Waals surface area contributed by atoms with E-state index in [4.69, 9.17) is 0 Å². The maximum Gasteiger partial charge on any atom is 0.00387 e. The fourth-order valence-corrected chi connectivity index (χ4v) is 2.05. The molecule has 84 valence electrons. The first-order valence-corrected chi connectivity index (χ1v) is 6.23. The van der Waals surface area contributed by atoms with Crippen molar-refractivity contribution < 1.29 is 0 Å². The van der Waals surface area contributed by atoms with E-state index in [9.17, 15) is 0 Å². The molecule has 2 aliphatic rings. The number of rotatable bonds is 0. The van der Waals surface area contributed by atoms with Gasteiger partial charge < -0.3 is 10.6 Å². The van der Waals surface area contributed by atoms with Gasteiger partial charge in [0, 0.05) is 6.04 Å². The molecule has 0 aromatic heterocycles. The van der Waals surface area contributed by atoms with Gasteiger partial charge in [0.2, 0.25) is 0 Å². The van der Waals surface area contributed by atoms with Gasteiger partial charge in [-0.25, -0.2) is 0 Å². The Morgan fingerprint density at radius 3 is 2.07 bits per heavy atom. The quantitative estimate of drug-likeness (QED) is 0.623. The average Bonchev–Trinajstić information content (AvgIpc) is 2.21. The van der Waals surface area contributed by atoms with Crippen LogP contribution >= 0.6 is 0 Å². The van der Waals surface area contributed by atoms with Crippen molar-refractivity contribution in [2.45, 2.75) is 52.0 Å². The van der Waals surface area contributed by atoms with E-state index in [0.717, 1.165) is 12.0 Å². The standard InChI is InChI=1S/2C6H13N/c1-6-3-2-4-7-5-6;1-6-4-2-3-5-7-6/h2*6-7H,2-5H2,1H3. The van der Waals surface area contributed by atoms with Gasteiger partial charge in [-0.1, -0.05) is 13.3 Å². The highest BCUT2D eigenvalue weighted by atomic mass is 14.9. The Morgan fingerprint density at radius 1 is 0.929 bits per heavy atom. The van der Waals surface area contributed by atoms with Crippen molar-refractivity contribution >= 4 is 0 Å². The summed E-state index contributed by atoms with van der Waals surface area (Å²) in [7, 11) is 0. The van der Waals surface area contributed by atoms with E-state index >= 15 is 0 Å². The van der Waals surface area contributed by atoms with Gasteiger partial charge in [0.05, 0.1) is 0 Å². The zero-order valence-electron chi connectivity index (χ0n) is 9.81. The molecule has 14 heavy (non-hydrogen) atoms. The molecule has 2 heterocycles. The van der Waals surface area contributed by atoms with Crippen LogP contribution in [0.25, 0.3) is 0 Å². The van der Waals surface area contributed by atoms with Crippen LogP contribution in [0.1, 0.15) is 46.0 Å². The summed E-state index contributed by atoms with van der Waals surface area (Å²) in [5.74, 6) is 0.925. The normalized spacial score (nSPS) is 33.0.